The van der Waals surface area contributed by atoms with Crippen LogP contribution in [0.15, 0.2) is 59.1 Å². The molecule has 1 N–H and O–H groups in total. The van der Waals surface area contributed by atoms with Gasteiger partial charge < -0.3 is 10.2 Å². The molecule has 1 heterocycles. The first-order valence-corrected chi connectivity index (χ1v) is 9.32. The molecule has 1 aliphatic rings. The minimum Gasteiger partial charge on any atom is -0.334 e. The fourth-order valence-electron chi connectivity index (χ4n) is 3.21. The fourth-order valence-corrected chi connectivity index (χ4v) is 3.64. The number of carbonyl (C=O) groups excluding carboxylic acids is 1. The van der Waals surface area contributed by atoms with Crippen molar-refractivity contribution in [3.8, 4) is 0 Å². The summed E-state index contributed by atoms with van der Waals surface area (Å²) in [4.78, 5) is 14.3. The topological polar surface area (TPSA) is 32.3 Å². The molecule has 1 aliphatic heterocycles. The predicted molar refractivity (Wildman–Crippen MR) is 101 cm³/mol. The van der Waals surface area contributed by atoms with E-state index in [-0.39, 0.29) is 6.03 Å². The summed E-state index contributed by atoms with van der Waals surface area (Å²) < 4.78 is 1.03. The monoisotopic (exact) mass is 386 g/mol. The van der Waals surface area contributed by atoms with Crippen molar-refractivity contribution in [2.75, 3.05) is 13.1 Å². The van der Waals surface area contributed by atoms with Crippen molar-refractivity contribution in [3.63, 3.8) is 0 Å². The summed E-state index contributed by atoms with van der Waals surface area (Å²) in [7, 11) is 0. The van der Waals surface area contributed by atoms with E-state index in [1.165, 1.54) is 5.56 Å². The van der Waals surface area contributed by atoms with E-state index in [0.717, 1.165) is 42.4 Å². The number of urea groups is 1. The first kappa shape index (κ1) is 17.0. The number of hydrogen-bond acceptors (Lipinski definition) is 1. The lowest BCUT2D eigenvalue weighted by atomic mass is 9.90. The fraction of sp³-hybridized carbons (Fsp3) is 0.350. The number of benzene rings is 2. The zero-order valence-corrected chi connectivity index (χ0v) is 15.3. The van der Waals surface area contributed by atoms with E-state index >= 15 is 0 Å². The van der Waals surface area contributed by atoms with Crippen molar-refractivity contribution >= 4 is 22.0 Å². The first-order valence-electron chi connectivity index (χ1n) is 8.52. The molecular formula is C20H23BrN2O. The molecule has 2 amide bonds. The van der Waals surface area contributed by atoms with Crippen LogP contribution in [0, 0.1) is 5.92 Å². The van der Waals surface area contributed by atoms with Crippen molar-refractivity contribution in [2.45, 2.75) is 25.8 Å². The van der Waals surface area contributed by atoms with Gasteiger partial charge in [-0.2, -0.15) is 0 Å². The molecule has 2 aromatic rings. The van der Waals surface area contributed by atoms with Crippen molar-refractivity contribution < 1.29 is 4.79 Å². The van der Waals surface area contributed by atoms with Gasteiger partial charge in [-0.25, -0.2) is 4.79 Å². The highest BCUT2D eigenvalue weighted by Crippen LogP contribution is 2.22. The Bertz CT molecular complexity index is 666. The number of halogens is 1. The molecule has 0 aliphatic carbocycles. The number of likely N-dealkylation sites (tertiary alicyclic amines) is 1. The summed E-state index contributed by atoms with van der Waals surface area (Å²) in [6.07, 6.45) is 3.28. The van der Waals surface area contributed by atoms with Gasteiger partial charge in [0.1, 0.15) is 0 Å². The predicted octanol–water partition coefficient (Wildman–Crippen LogP) is 4.61. The van der Waals surface area contributed by atoms with Crippen LogP contribution in [-0.2, 0) is 13.0 Å². The zero-order chi connectivity index (χ0) is 16.8. The maximum atomic E-state index is 12.3. The Morgan fingerprint density at radius 3 is 2.42 bits per heavy atom. The van der Waals surface area contributed by atoms with Crippen LogP contribution >= 0.6 is 15.9 Å². The summed E-state index contributed by atoms with van der Waals surface area (Å²) >= 11 is 3.52. The highest BCUT2D eigenvalue weighted by atomic mass is 79.9. The largest absolute Gasteiger partial charge is 0.334 e. The molecular weight excluding hydrogens is 364 g/mol. The molecule has 0 atom stereocenters. The molecule has 0 unspecified atom stereocenters. The number of nitrogens with zero attached hydrogens (tertiary/aromatic N) is 1. The second-order valence-corrected chi connectivity index (χ2v) is 7.22. The quantitative estimate of drug-likeness (QED) is 0.816. The Morgan fingerprint density at radius 1 is 1.04 bits per heavy atom. The molecule has 0 radical (unpaired) electrons. The third kappa shape index (κ3) is 4.60. The number of carbonyl (C=O) groups is 1. The number of hydrogen-bond donors (Lipinski definition) is 1. The Morgan fingerprint density at radius 2 is 1.71 bits per heavy atom. The standard InChI is InChI=1S/C20H23BrN2O/c21-19-9-5-4-8-18(19)15-22-20(24)23-12-10-17(11-13-23)14-16-6-2-1-3-7-16/h1-9,17H,10-15H2,(H,22,24). The van der Waals surface area contributed by atoms with E-state index in [1.54, 1.807) is 0 Å². The number of piperidine rings is 1. The summed E-state index contributed by atoms with van der Waals surface area (Å²) in [5, 5.41) is 3.03. The number of nitrogens with one attached hydrogen (secondary N) is 1. The lowest BCUT2D eigenvalue weighted by Gasteiger charge is -2.32. The number of amides is 2. The molecule has 2 aromatic carbocycles. The average molecular weight is 387 g/mol. The minimum atomic E-state index is 0.0453. The summed E-state index contributed by atoms with van der Waals surface area (Å²) in [6.45, 7) is 2.25. The summed E-state index contributed by atoms with van der Waals surface area (Å²) in [5.41, 5.74) is 2.50. The molecule has 1 fully saturated rings. The van der Waals surface area contributed by atoms with Crippen molar-refractivity contribution in [2.24, 2.45) is 5.92 Å². The molecule has 3 nitrogen and oxygen atoms in total. The van der Waals surface area contributed by atoms with E-state index in [9.17, 15) is 4.79 Å². The Kier molecular flexibility index (Phi) is 5.91. The molecule has 4 heteroatoms. The molecule has 0 saturated carbocycles. The third-order valence-corrected chi connectivity index (χ3v) is 5.43. The van der Waals surface area contributed by atoms with Crippen LogP contribution in [0.5, 0.6) is 0 Å². The average Bonchev–Trinajstić information content (AvgIpc) is 2.62. The first-order chi connectivity index (χ1) is 11.7. The van der Waals surface area contributed by atoms with E-state index in [0.29, 0.717) is 12.5 Å². The van der Waals surface area contributed by atoms with Gasteiger partial charge in [-0.3, -0.25) is 0 Å². The second-order valence-electron chi connectivity index (χ2n) is 6.37. The molecule has 24 heavy (non-hydrogen) atoms. The van der Waals surface area contributed by atoms with Crippen LogP contribution in [0.1, 0.15) is 24.0 Å². The summed E-state index contributed by atoms with van der Waals surface area (Å²) in [5.74, 6) is 0.680. The number of rotatable bonds is 4. The Balaban J connectivity index is 1.44. The van der Waals surface area contributed by atoms with Gasteiger partial charge in [0.25, 0.3) is 0 Å². The van der Waals surface area contributed by atoms with Crippen molar-refractivity contribution in [3.05, 3.63) is 70.2 Å². The third-order valence-electron chi connectivity index (χ3n) is 4.66. The highest BCUT2D eigenvalue weighted by Gasteiger charge is 2.22. The Hall–Kier alpha value is -1.81. The lowest BCUT2D eigenvalue weighted by molar-refractivity contribution is 0.170. The van der Waals surface area contributed by atoms with Crippen LogP contribution in [0.4, 0.5) is 4.79 Å². The van der Waals surface area contributed by atoms with Crippen LogP contribution in [0.3, 0.4) is 0 Å². The van der Waals surface area contributed by atoms with E-state index in [4.69, 9.17) is 0 Å². The normalized spacial score (nSPS) is 15.3. The molecule has 0 bridgehead atoms. The van der Waals surface area contributed by atoms with Gasteiger partial charge in [0.2, 0.25) is 0 Å². The smallest absolute Gasteiger partial charge is 0.317 e. The van der Waals surface area contributed by atoms with Crippen LogP contribution in [0.25, 0.3) is 0 Å². The summed E-state index contributed by atoms with van der Waals surface area (Å²) in [6, 6.07) is 18.7. The van der Waals surface area contributed by atoms with Crippen LogP contribution in [-0.4, -0.2) is 24.0 Å². The minimum absolute atomic E-state index is 0.0453. The molecule has 0 spiro atoms. The highest BCUT2D eigenvalue weighted by molar-refractivity contribution is 9.10. The van der Waals surface area contributed by atoms with Crippen molar-refractivity contribution in [1.29, 1.82) is 0 Å². The second kappa shape index (κ2) is 8.34. The van der Waals surface area contributed by atoms with E-state index in [2.05, 4.69) is 51.6 Å². The SMILES string of the molecule is O=C(NCc1ccccc1Br)N1CCC(Cc2ccccc2)CC1. The van der Waals surface area contributed by atoms with Gasteiger partial charge in [0.15, 0.2) is 0 Å². The van der Waals surface area contributed by atoms with Crippen LogP contribution in [0.2, 0.25) is 0 Å². The molecule has 0 aromatic heterocycles. The van der Waals surface area contributed by atoms with E-state index in [1.807, 2.05) is 29.2 Å². The maximum absolute atomic E-state index is 12.3. The van der Waals surface area contributed by atoms with Gasteiger partial charge in [0, 0.05) is 24.1 Å². The van der Waals surface area contributed by atoms with Crippen molar-refractivity contribution in [1.82, 2.24) is 10.2 Å². The van der Waals surface area contributed by atoms with Gasteiger partial charge in [-0.05, 0) is 42.4 Å². The van der Waals surface area contributed by atoms with Gasteiger partial charge in [-0.1, -0.05) is 64.5 Å². The Labute approximate surface area is 152 Å². The maximum Gasteiger partial charge on any atom is 0.317 e. The molecule has 1 saturated heterocycles. The molecule has 126 valence electrons. The van der Waals surface area contributed by atoms with Gasteiger partial charge in [-0.15, -0.1) is 0 Å². The van der Waals surface area contributed by atoms with E-state index < -0.39 is 0 Å². The van der Waals surface area contributed by atoms with Crippen LogP contribution < -0.4 is 5.32 Å². The molecule has 3 rings (SSSR count). The van der Waals surface area contributed by atoms with Gasteiger partial charge >= 0.3 is 6.03 Å². The zero-order valence-electron chi connectivity index (χ0n) is 13.7. The lowest BCUT2D eigenvalue weighted by Crippen LogP contribution is -2.44. The van der Waals surface area contributed by atoms with Gasteiger partial charge in [0.05, 0.1) is 0 Å².